The number of aromatic nitrogens is 2. The van der Waals surface area contributed by atoms with Gasteiger partial charge in [-0.1, -0.05) is 42.9 Å². The van der Waals surface area contributed by atoms with Gasteiger partial charge in [-0.05, 0) is 57.9 Å². The number of hydrogen-bond donors (Lipinski definition) is 1. The number of benzene rings is 1. The van der Waals surface area contributed by atoms with Crippen molar-refractivity contribution in [2.45, 2.75) is 35.5 Å². The Balaban J connectivity index is 0.00000300. The number of anilines is 2. The van der Waals surface area contributed by atoms with Gasteiger partial charge in [0.2, 0.25) is 0 Å². The summed E-state index contributed by atoms with van der Waals surface area (Å²) in [6.45, 7) is 3.08. The van der Waals surface area contributed by atoms with E-state index in [0.29, 0.717) is 0 Å². The first-order valence-electron chi connectivity index (χ1n) is 8.90. The molecule has 3 rings (SSSR count). The number of hydrogen-bond acceptors (Lipinski definition) is 7. The molecule has 4 nitrogen and oxygen atoms in total. The Hall–Kier alpha value is -1.25. The second-order valence-electron chi connectivity index (χ2n) is 6.47. The lowest BCUT2D eigenvalue weighted by Crippen LogP contribution is -2.13. The van der Waals surface area contributed by atoms with Crippen LogP contribution < -0.4 is 5.32 Å². The molecule has 0 aliphatic rings. The van der Waals surface area contributed by atoms with Gasteiger partial charge in [0.25, 0.3) is 0 Å². The van der Waals surface area contributed by atoms with Gasteiger partial charge in [0.1, 0.15) is 5.82 Å². The van der Waals surface area contributed by atoms with Crippen LogP contribution in [-0.2, 0) is 0 Å². The van der Waals surface area contributed by atoms with Crippen LogP contribution >= 0.6 is 46.5 Å². The molecule has 156 valence electrons. The molecule has 0 spiro atoms. The molecule has 0 saturated carbocycles. The summed E-state index contributed by atoms with van der Waals surface area (Å²) < 4.78 is 0. The van der Waals surface area contributed by atoms with Crippen molar-refractivity contribution in [3.05, 3.63) is 52.6 Å². The largest absolute Gasteiger partial charge is 0.315 e. The quantitative estimate of drug-likeness (QED) is 0.268. The summed E-state index contributed by atoms with van der Waals surface area (Å²) in [6.07, 6.45) is 3.07. The van der Waals surface area contributed by atoms with Gasteiger partial charge >= 0.3 is 0 Å². The third-order valence-electron chi connectivity index (χ3n) is 3.75. The normalized spacial score (nSPS) is 10.8. The van der Waals surface area contributed by atoms with Gasteiger partial charge in [0.15, 0.2) is 5.13 Å². The summed E-state index contributed by atoms with van der Waals surface area (Å²) in [5.74, 6) is 1.87. The number of nitrogens with zero attached hydrogens (tertiary/aromatic N) is 3. The van der Waals surface area contributed by atoms with Crippen molar-refractivity contribution >= 4 is 57.4 Å². The molecular weight excluding hydrogens is 440 g/mol. The monoisotopic (exact) mass is 466 g/mol. The van der Waals surface area contributed by atoms with E-state index in [-0.39, 0.29) is 7.43 Å². The fourth-order valence-corrected chi connectivity index (χ4v) is 5.19. The van der Waals surface area contributed by atoms with E-state index in [1.54, 1.807) is 23.1 Å². The van der Waals surface area contributed by atoms with Gasteiger partial charge in [0.05, 0.1) is 15.6 Å². The van der Waals surface area contributed by atoms with Crippen LogP contribution in [0.2, 0.25) is 5.02 Å². The Morgan fingerprint density at radius 1 is 1.21 bits per heavy atom. The Morgan fingerprint density at radius 3 is 2.69 bits per heavy atom. The minimum Gasteiger partial charge on any atom is -0.315 e. The number of thioether (sulfide) groups is 1. The highest BCUT2D eigenvalue weighted by Crippen LogP contribution is 2.39. The van der Waals surface area contributed by atoms with Crippen LogP contribution in [0.1, 0.15) is 19.5 Å². The van der Waals surface area contributed by atoms with Crippen LogP contribution in [0, 0.1) is 6.92 Å². The molecule has 0 saturated heterocycles. The Labute approximate surface area is 191 Å². The molecular formula is C21H27ClN4S3. The van der Waals surface area contributed by atoms with E-state index in [9.17, 15) is 0 Å². The zero-order valence-corrected chi connectivity index (χ0v) is 19.3. The van der Waals surface area contributed by atoms with Crippen molar-refractivity contribution in [2.24, 2.45) is 0 Å². The number of rotatable bonds is 9. The zero-order chi connectivity index (χ0) is 19.9. The highest BCUT2D eigenvalue weighted by Gasteiger charge is 2.12. The first kappa shape index (κ1) is 24.0. The van der Waals surface area contributed by atoms with E-state index >= 15 is 0 Å². The maximum atomic E-state index is 6.38. The molecule has 0 fully saturated rings. The predicted molar refractivity (Wildman–Crippen MR) is 131 cm³/mol. The third kappa shape index (κ3) is 7.50. The average Bonchev–Trinajstić information content (AvgIpc) is 3.07. The van der Waals surface area contributed by atoms with E-state index in [1.807, 2.05) is 54.5 Å². The summed E-state index contributed by atoms with van der Waals surface area (Å²) in [5.41, 5.74) is 1.00. The van der Waals surface area contributed by atoms with Crippen LogP contribution in [0.15, 0.2) is 56.6 Å². The molecule has 0 amide bonds. The van der Waals surface area contributed by atoms with Crippen LogP contribution in [0.25, 0.3) is 0 Å². The summed E-state index contributed by atoms with van der Waals surface area (Å²) in [5, 5.41) is 6.97. The smallest absolute Gasteiger partial charge is 0.188 e. The molecule has 29 heavy (non-hydrogen) atoms. The Kier molecular flexibility index (Phi) is 9.79. The molecule has 2 heterocycles. The molecule has 0 aliphatic carbocycles. The summed E-state index contributed by atoms with van der Waals surface area (Å²) in [7, 11) is 4.21. The van der Waals surface area contributed by atoms with Crippen molar-refractivity contribution in [1.82, 2.24) is 14.9 Å². The molecule has 1 aromatic carbocycles. The fraction of sp³-hybridized carbons (Fsp3) is 0.333. The highest BCUT2D eigenvalue weighted by atomic mass is 35.5. The lowest BCUT2D eigenvalue weighted by Gasteiger charge is -2.12. The summed E-state index contributed by atoms with van der Waals surface area (Å²) in [4.78, 5) is 14.6. The van der Waals surface area contributed by atoms with Crippen LogP contribution in [-0.4, -0.2) is 41.3 Å². The number of pyridine rings is 1. The molecule has 0 aliphatic heterocycles. The third-order valence-corrected chi connectivity index (χ3v) is 7.22. The second-order valence-corrected chi connectivity index (χ2v) is 9.99. The van der Waals surface area contributed by atoms with Crippen molar-refractivity contribution in [1.29, 1.82) is 0 Å². The van der Waals surface area contributed by atoms with E-state index in [0.717, 1.165) is 55.1 Å². The number of aryl methyl sites for hydroxylation is 1. The lowest BCUT2D eigenvalue weighted by molar-refractivity contribution is 0.410. The first-order valence-corrected chi connectivity index (χ1v) is 12.0. The van der Waals surface area contributed by atoms with Gasteiger partial charge in [-0.2, -0.15) is 0 Å². The average molecular weight is 467 g/mol. The summed E-state index contributed by atoms with van der Waals surface area (Å²) >= 11 is 11.4. The summed E-state index contributed by atoms with van der Waals surface area (Å²) in [6, 6.07) is 10.1. The SMILES string of the molecule is C.Cc1csc(Nc2ncc(SCCCN(C)C)cc2Sc2ccccc2Cl)n1. The maximum absolute atomic E-state index is 6.38. The van der Waals surface area contributed by atoms with Crippen LogP contribution in [0.4, 0.5) is 10.9 Å². The van der Waals surface area contributed by atoms with E-state index in [1.165, 1.54) is 0 Å². The van der Waals surface area contributed by atoms with Crippen molar-refractivity contribution in [2.75, 3.05) is 31.7 Å². The lowest BCUT2D eigenvalue weighted by atomic mass is 10.4. The number of halogens is 1. The van der Waals surface area contributed by atoms with Gasteiger partial charge in [-0.25, -0.2) is 9.97 Å². The number of nitrogens with one attached hydrogen (secondary N) is 1. The van der Waals surface area contributed by atoms with E-state index in [2.05, 4.69) is 40.3 Å². The van der Waals surface area contributed by atoms with Crippen LogP contribution in [0.3, 0.4) is 0 Å². The molecule has 0 atom stereocenters. The molecule has 8 heteroatoms. The molecule has 1 N–H and O–H groups in total. The van der Waals surface area contributed by atoms with E-state index < -0.39 is 0 Å². The minimum absolute atomic E-state index is 0. The standard InChI is InChI=1S/C20H23ClN4S3.CH4/c1-14-13-27-20(23-14)24-19-18(28-17-8-5-4-7-16(17)21)11-15(12-22-19)26-10-6-9-25(2)3;/h4-5,7-8,11-13H,6,9-10H2,1-3H3,(H,22,23,24);1H4. The van der Waals surface area contributed by atoms with Gasteiger partial charge in [0, 0.05) is 21.4 Å². The Bertz CT molecular complexity index is 914. The molecule has 2 aromatic heterocycles. The van der Waals surface area contributed by atoms with Gasteiger partial charge in [-0.3, -0.25) is 0 Å². The predicted octanol–water partition coefficient (Wildman–Crippen LogP) is 7.07. The fourth-order valence-electron chi connectivity index (χ4n) is 2.41. The molecule has 0 bridgehead atoms. The van der Waals surface area contributed by atoms with E-state index in [4.69, 9.17) is 11.6 Å². The van der Waals surface area contributed by atoms with Gasteiger partial charge in [-0.15, -0.1) is 23.1 Å². The molecule has 3 aromatic rings. The topological polar surface area (TPSA) is 41.1 Å². The molecule has 0 radical (unpaired) electrons. The minimum atomic E-state index is 0. The van der Waals surface area contributed by atoms with Crippen molar-refractivity contribution in [3.8, 4) is 0 Å². The van der Waals surface area contributed by atoms with Gasteiger partial charge < -0.3 is 10.2 Å². The highest BCUT2D eigenvalue weighted by molar-refractivity contribution is 8.00. The van der Waals surface area contributed by atoms with Crippen molar-refractivity contribution in [3.63, 3.8) is 0 Å². The number of thiazole rings is 1. The first-order chi connectivity index (χ1) is 13.5. The second kappa shape index (κ2) is 11.8. The maximum Gasteiger partial charge on any atom is 0.188 e. The zero-order valence-electron chi connectivity index (χ0n) is 16.1. The Morgan fingerprint density at radius 2 is 2.00 bits per heavy atom. The van der Waals surface area contributed by atoms with Crippen LogP contribution in [0.5, 0.6) is 0 Å². The molecule has 0 unspecified atom stereocenters. The van der Waals surface area contributed by atoms with Crippen molar-refractivity contribution < 1.29 is 0 Å².